The lowest BCUT2D eigenvalue weighted by molar-refractivity contribution is 0.447. The maximum Gasteiger partial charge on any atom is 0.167 e. The third kappa shape index (κ3) is 2.27. The summed E-state index contributed by atoms with van der Waals surface area (Å²) >= 11 is 1.31. The third-order valence-electron chi connectivity index (χ3n) is 2.64. The summed E-state index contributed by atoms with van der Waals surface area (Å²) in [6, 6.07) is 7.11. The molecule has 0 fully saturated rings. The molecule has 0 aliphatic rings. The smallest absolute Gasteiger partial charge is 0.167 e. The van der Waals surface area contributed by atoms with Crippen molar-refractivity contribution in [1.82, 2.24) is 4.98 Å². The number of benzene rings is 1. The monoisotopic (exact) mass is 284 g/mol. The second kappa shape index (κ2) is 5.01. The van der Waals surface area contributed by atoms with Gasteiger partial charge in [0.05, 0.1) is 10.2 Å². The number of pyridine rings is 1. The molecule has 2 heterocycles. The van der Waals surface area contributed by atoms with Crippen molar-refractivity contribution >= 4 is 39.9 Å². The molecule has 2 aromatic heterocycles. The number of nitrogens with zero attached hydrogens (tertiary/aromatic N) is 2. The van der Waals surface area contributed by atoms with E-state index in [2.05, 4.69) is 10.2 Å². The molecule has 0 aliphatic carbocycles. The zero-order valence-electron chi connectivity index (χ0n) is 10.0. The molecule has 1 aromatic carbocycles. The van der Waals surface area contributed by atoms with E-state index >= 15 is 0 Å². The van der Waals surface area contributed by atoms with Crippen LogP contribution in [0.1, 0.15) is 0 Å². The first kappa shape index (κ1) is 12.7. The largest absolute Gasteiger partial charge is 0.453 e. The van der Waals surface area contributed by atoms with Gasteiger partial charge in [-0.15, -0.1) is 16.2 Å². The number of hydrogen-bond donors (Lipinski definition) is 0. The Morgan fingerprint density at radius 3 is 2.85 bits per heavy atom. The first-order valence-electron chi connectivity index (χ1n) is 5.62. The molecule has 0 bridgehead atoms. The predicted molar refractivity (Wildman–Crippen MR) is 76.9 cm³/mol. The molecule has 4 nitrogen and oxygen atoms in total. The van der Waals surface area contributed by atoms with Gasteiger partial charge in [0.15, 0.2) is 11.6 Å². The number of ether oxygens (including phenoxy) is 1. The van der Waals surface area contributed by atoms with E-state index < -0.39 is 5.82 Å². The quantitative estimate of drug-likeness (QED) is 0.547. The average Bonchev–Trinajstić information content (AvgIpc) is 2.82. The Bertz CT molecular complexity index is 806. The minimum atomic E-state index is -0.656. The lowest BCUT2D eigenvalue weighted by atomic mass is 10.1. The van der Waals surface area contributed by atoms with Crippen molar-refractivity contribution in [2.24, 2.45) is 5.18 Å². The summed E-state index contributed by atoms with van der Waals surface area (Å²) in [4.78, 5) is 14.5. The van der Waals surface area contributed by atoms with Gasteiger partial charge in [-0.3, -0.25) is 4.98 Å². The Hall–Kier alpha value is -2.28. The molecule has 0 aliphatic heterocycles. The fraction of sp³-hybridized carbons (Fsp3) is 0. The Morgan fingerprint density at radius 1 is 1.25 bits per heavy atom. The number of thiophene rings is 1. The highest BCUT2D eigenvalue weighted by Crippen LogP contribution is 2.33. The number of halogens is 1. The van der Waals surface area contributed by atoms with E-state index in [1.165, 1.54) is 23.5 Å². The molecular weight excluding hydrogens is 278 g/mol. The first-order valence-corrected chi connectivity index (χ1v) is 6.44. The van der Waals surface area contributed by atoms with Crippen LogP contribution < -0.4 is 9.51 Å². The van der Waals surface area contributed by atoms with E-state index in [1.54, 1.807) is 18.3 Å². The van der Waals surface area contributed by atoms with Crippen molar-refractivity contribution in [1.29, 1.82) is 0 Å². The van der Waals surface area contributed by atoms with Gasteiger partial charge in [0, 0.05) is 18.3 Å². The predicted octanol–water partition coefficient (Wildman–Crippen LogP) is 3.42. The Kier molecular flexibility index (Phi) is 3.19. The Morgan fingerprint density at radius 2 is 2.10 bits per heavy atom. The highest BCUT2D eigenvalue weighted by molar-refractivity contribution is 7.26. The average molecular weight is 284 g/mol. The van der Waals surface area contributed by atoms with E-state index in [9.17, 15) is 9.30 Å². The molecule has 0 saturated heterocycles. The van der Waals surface area contributed by atoms with Crippen molar-refractivity contribution in [3.8, 4) is 11.5 Å². The molecule has 0 spiro atoms. The van der Waals surface area contributed by atoms with Crippen molar-refractivity contribution in [3.63, 3.8) is 0 Å². The van der Waals surface area contributed by atoms with Gasteiger partial charge in [-0.1, -0.05) is 0 Å². The van der Waals surface area contributed by atoms with E-state index in [0.29, 0.717) is 16.0 Å². The van der Waals surface area contributed by atoms with Crippen molar-refractivity contribution in [2.45, 2.75) is 0 Å². The Balaban J connectivity index is 2.03. The molecule has 3 rings (SSSR count). The van der Waals surface area contributed by atoms with Crippen LogP contribution in [0.5, 0.6) is 11.5 Å². The van der Waals surface area contributed by atoms with Crippen LogP contribution in [0.4, 0.5) is 10.1 Å². The van der Waals surface area contributed by atoms with Crippen molar-refractivity contribution < 1.29 is 9.13 Å². The second-order valence-corrected chi connectivity index (χ2v) is 5.06. The van der Waals surface area contributed by atoms with Gasteiger partial charge in [0.2, 0.25) is 0 Å². The van der Waals surface area contributed by atoms with Crippen LogP contribution in [0.15, 0.2) is 41.7 Å². The third-order valence-corrected chi connectivity index (χ3v) is 3.60. The van der Waals surface area contributed by atoms with Crippen LogP contribution in [0.25, 0.3) is 10.2 Å². The summed E-state index contributed by atoms with van der Waals surface area (Å²) in [6.45, 7) is 0. The van der Waals surface area contributed by atoms with Crippen LogP contribution >= 0.6 is 11.3 Å². The van der Waals surface area contributed by atoms with Gasteiger partial charge in [-0.25, -0.2) is 4.39 Å². The van der Waals surface area contributed by atoms with Gasteiger partial charge in [-0.2, -0.15) is 0 Å². The van der Waals surface area contributed by atoms with Crippen LogP contribution in [-0.4, -0.2) is 12.8 Å². The molecule has 7 heteroatoms. The van der Waals surface area contributed by atoms with E-state index in [1.807, 2.05) is 0 Å². The maximum absolute atomic E-state index is 13.8. The fourth-order valence-corrected chi connectivity index (χ4v) is 2.59. The highest BCUT2D eigenvalue weighted by atomic mass is 32.1. The van der Waals surface area contributed by atoms with Gasteiger partial charge >= 0.3 is 0 Å². The van der Waals surface area contributed by atoms with Crippen LogP contribution in [-0.2, 0) is 0 Å². The van der Waals surface area contributed by atoms with Crippen LogP contribution in [0.3, 0.4) is 0 Å². The van der Waals surface area contributed by atoms with Crippen molar-refractivity contribution in [2.75, 3.05) is 0 Å². The molecular formula is C13H6BFN2O2S. The summed E-state index contributed by atoms with van der Waals surface area (Å²) in [5.74, 6) is -0.184. The Labute approximate surface area is 118 Å². The number of fused-ring (bicyclic) bond motifs is 1. The van der Waals surface area contributed by atoms with Gasteiger partial charge in [0.25, 0.3) is 0 Å². The number of hydrogen-bond acceptors (Lipinski definition) is 5. The summed E-state index contributed by atoms with van der Waals surface area (Å²) < 4.78 is 20.6. The second-order valence-electron chi connectivity index (χ2n) is 3.98. The molecule has 0 amide bonds. The zero-order chi connectivity index (χ0) is 14.1. The minimum absolute atomic E-state index is 0.00935. The molecule has 0 unspecified atom stereocenters. The summed E-state index contributed by atoms with van der Waals surface area (Å²) in [5.41, 5.74) is 0.701. The topological polar surface area (TPSA) is 51.6 Å². The summed E-state index contributed by atoms with van der Waals surface area (Å²) in [6.07, 6.45) is 1.56. The molecule has 20 heavy (non-hydrogen) atoms. The molecule has 0 saturated carbocycles. The summed E-state index contributed by atoms with van der Waals surface area (Å²) in [5, 5.41) is 2.66. The SMILES string of the molecule is [B]c1cc2nccc(Oc3ccc(N=O)cc3F)c2s1. The summed E-state index contributed by atoms with van der Waals surface area (Å²) in [7, 11) is 5.72. The number of aromatic nitrogens is 1. The minimum Gasteiger partial charge on any atom is -0.453 e. The van der Waals surface area contributed by atoms with Crippen LogP contribution in [0, 0.1) is 10.7 Å². The normalized spacial score (nSPS) is 10.7. The lowest BCUT2D eigenvalue weighted by Gasteiger charge is -2.07. The van der Waals surface area contributed by atoms with Gasteiger partial charge < -0.3 is 4.74 Å². The standard InChI is InChI=1S/C13H6BFN2O2S/c14-12-6-9-13(20-12)11(3-4-16-9)19-10-2-1-7(17-18)5-8(10)15/h1-6H. The number of nitroso groups, excluding NO2 is 1. The van der Waals surface area contributed by atoms with Crippen LogP contribution in [0.2, 0.25) is 0 Å². The van der Waals surface area contributed by atoms with E-state index in [4.69, 9.17) is 12.6 Å². The van der Waals surface area contributed by atoms with Gasteiger partial charge in [-0.05, 0) is 28.2 Å². The lowest BCUT2D eigenvalue weighted by Crippen LogP contribution is -1.89. The zero-order valence-corrected chi connectivity index (χ0v) is 10.9. The molecule has 0 atom stereocenters. The van der Waals surface area contributed by atoms with Gasteiger partial charge in [0.1, 0.15) is 19.3 Å². The van der Waals surface area contributed by atoms with E-state index in [0.717, 1.165) is 10.8 Å². The molecule has 96 valence electrons. The maximum atomic E-state index is 13.8. The van der Waals surface area contributed by atoms with E-state index in [-0.39, 0.29) is 11.4 Å². The first-order chi connectivity index (χ1) is 9.67. The van der Waals surface area contributed by atoms with Crippen molar-refractivity contribution in [3.05, 3.63) is 47.3 Å². The highest BCUT2D eigenvalue weighted by Gasteiger charge is 2.11. The molecule has 2 radical (unpaired) electrons. The molecule has 3 aromatic rings. The molecule has 0 N–H and O–H groups in total. The number of rotatable bonds is 3. The fourth-order valence-electron chi connectivity index (χ4n) is 1.76.